The maximum atomic E-state index is 11.7. The van der Waals surface area contributed by atoms with Gasteiger partial charge in [-0.15, -0.1) is 0 Å². The van der Waals surface area contributed by atoms with E-state index in [-0.39, 0.29) is 31.3 Å². The van der Waals surface area contributed by atoms with Crippen LogP contribution >= 0.6 is 0 Å². The van der Waals surface area contributed by atoms with Crippen LogP contribution in [0.2, 0.25) is 0 Å². The zero-order chi connectivity index (χ0) is 12.9. The predicted octanol–water partition coefficient (Wildman–Crippen LogP) is 0.909. The molecule has 0 bridgehead atoms. The van der Waals surface area contributed by atoms with Crippen LogP contribution in [0.5, 0.6) is 0 Å². The lowest BCUT2D eigenvalue weighted by atomic mass is 9.97. The van der Waals surface area contributed by atoms with Gasteiger partial charge in [0.25, 0.3) is 0 Å². The summed E-state index contributed by atoms with van der Waals surface area (Å²) in [6.45, 7) is 1.71. The lowest BCUT2D eigenvalue weighted by Gasteiger charge is -2.28. The Morgan fingerprint density at radius 1 is 1.29 bits per heavy atom. The van der Waals surface area contributed by atoms with Gasteiger partial charge in [-0.3, -0.25) is 9.59 Å². The van der Waals surface area contributed by atoms with Crippen molar-refractivity contribution in [3.05, 3.63) is 0 Å². The Bertz CT molecular complexity index is 284. The molecule has 0 heterocycles. The number of aliphatic hydroxyl groups excluding tert-OH is 1. The second-order valence-corrected chi connectivity index (χ2v) is 5.10. The lowest BCUT2D eigenvalue weighted by molar-refractivity contribution is -0.138. The van der Waals surface area contributed by atoms with Crippen LogP contribution in [0.1, 0.15) is 45.4 Å². The summed E-state index contributed by atoms with van der Waals surface area (Å²) in [7, 11) is 0. The number of hydrogen-bond acceptors (Lipinski definition) is 3. The molecule has 5 heteroatoms. The highest BCUT2D eigenvalue weighted by Gasteiger charge is 2.34. The van der Waals surface area contributed by atoms with Crippen LogP contribution in [-0.4, -0.2) is 34.2 Å². The lowest BCUT2D eigenvalue weighted by Crippen LogP contribution is -2.49. The average Bonchev–Trinajstić information content (AvgIpc) is 2.65. The standard InChI is InChI=1S/C12H21NO4/c1-9(7-11(16)17)6-10(15)13-12(8-14)4-2-3-5-12/h9,14H,2-8H2,1H3,(H,13,15)(H,16,17). The molecule has 0 aliphatic heterocycles. The first-order valence-electron chi connectivity index (χ1n) is 6.11. The highest BCUT2D eigenvalue weighted by atomic mass is 16.4. The largest absolute Gasteiger partial charge is 0.481 e. The molecule has 0 aromatic heterocycles. The van der Waals surface area contributed by atoms with Crippen molar-refractivity contribution in [1.29, 1.82) is 0 Å². The summed E-state index contributed by atoms with van der Waals surface area (Å²) in [5.41, 5.74) is -0.458. The van der Waals surface area contributed by atoms with E-state index in [4.69, 9.17) is 5.11 Å². The van der Waals surface area contributed by atoms with Gasteiger partial charge in [0.05, 0.1) is 12.1 Å². The van der Waals surface area contributed by atoms with Crippen molar-refractivity contribution >= 4 is 11.9 Å². The fourth-order valence-electron chi connectivity index (χ4n) is 2.41. The molecule has 3 N–H and O–H groups in total. The molecular weight excluding hydrogens is 222 g/mol. The van der Waals surface area contributed by atoms with E-state index >= 15 is 0 Å². The smallest absolute Gasteiger partial charge is 0.303 e. The number of aliphatic carboxylic acids is 1. The van der Waals surface area contributed by atoms with E-state index in [0.717, 1.165) is 25.7 Å². The van der Waals surface area contributed by atoms with Gasteiger partial charge in [-0.2, -0.15) is 0 Å². The Labute approximate surface area is 101 Å². The number of aliphatic hydroxyl groups is 1. The Kier molecular flexibility index (Phi) is 4.93. The summed E-state index contributed by atoms with van der Waals surface area (Å²) in [4.78, 5) is 22.2. The average molecular weight is 243 g/mol. The van der Waals surface area contributed by atoms with E-state index in [2.05, 4.69) is 5.32 Å². The monoisotopic (exact) mass is 243 g/mol. The van der Waals surface area contributed by atoms with E-state index in [9.17, 15) is 14.7 Å². The second kappa shape index (κ2) is 6.00. The molecule has 1 aliphatic rings. The Hall–Kier alpha value is -1.10. The quantitative estimate of drug-likeness (QED) is 0.647. The van der Waals surface area contributed by atoms with Crippen molar-refractivity contribution in [1.82, 2.24) is 5.32 Å². The summed E-state index contributed by atoms with van der Waals surface area (Å²) in [5.74, 6) is -1.22. The van der Waals surface area contributed by atoms with Gasteiger partial charge in [0.15, 0.2) is 0 Å². The van der Waals surface area contributed by atoms with E-state index in [1.54, 1.807) is 6.92 Å². The first-order valence-corrected chi connectivity index (χ1v) is 6.11. The molecule has 0 saturated heterocycles. The van der Waals surface area contributed by atoms with Crippen LogP contribution in [0, 0.1) is 5.92 Å². The zero-order valence-corrected chi connectivity index (χ0v) is 10.2. The fourth-order valence-corrected chi connectivity index (χ4v) is 2.41. The molecule has 98 valence electrons. The number of carboxylic acid groups (broad SMARTS) is 1. The summed E-state index contributed by atoms with van der Waals surface area (Å²) in [6, 6.07) is 0. The number of carbonyl (C=O) groups is 2. The number of carboxylic acids is 1. The van der Waals surface area contributed by atoms with Crippen LogP contribution in [0.3, 0.4) is 0 Å². The Balaban J connectivity index is 2.40. The van der Waals surface area contributed by atoms with Crippen molar-refractivity contribution in [3.63, 3.8) is 0 Å². The minimum absolute atomic E-state index is 0.000451. The van der Waals surface area contributed by atoms with Crippen LogP contribution < -0.4 is 5.32 Å². The Morgan fingerprint density at radius 3 is 2.35 bits per heavy atom. The third-order valence-electron chi connectivity index (χ3n) is 3.32. The SMILES string of the molecule is CC(CC(=O)O)CC(=O)NC1(CO)CCCC1. The van der Waals surface area contributed by atoms with Crippen LogP contribution in [0.15, 0.2) is 0 Å². The van der Waals surface area contributed by atoms with Crippen molar-refractivity contribution in [2.75, 3.05) is 6.61 Å². The van der Waals surface area contributed by atoms with Crippen LogP contribution in [-0.2, 0) is 9.59 Å². The van der Waals surface area contributed by atoms with E-state index in [1.165, 1.54) is 0 Å². The number of carbonyl (C=O) groups excluding carboxylic acids is 1. The molecule has 0 aromatic carbocycles. The molecule has 1 aliphatic carbocycles. The highest BCUT2D eigenvalue weighted by Crippen LogP contribution is 2.29. The molecule has 1 unspecified atom stereocenters. The third kappa shape index (κ3) is 4.34. The molecule has 0 aromatic rings. The number of rotatable bonds is 6. The van der Waals surface area contributed by atoms with Gasteiger partial charge in [0.2, 0.25) is 5.91 Å². The van der Waals surface area contributed by atoms with Gasteiger partial charge < -0.3 is 15.5 Å². The van der Waals surface area contributed by atoms with Gasteiger partial charge in [0.1, 0.15) is 0 Å². The zero-order valence-electron chi connectivity index (χ0n) is 10.2. The second-order valence-electron chi connectivity index (χ2n) is 5.10. The van der Waals surface area contributed by atoms with Gasteiger partial charge in [-0.1, -0.05) is 19.8 Å². The fraction of sp³-hybridized carbons (Fsp3) is 0.833. The van der Waals surface area contributed by atoms with Gasteiger partial charge >= 0.3 is 5.97 Å². The van der Waals surface area contributed by atoms with Crippen LogP contribution in [0.25, 0.3) is 0 Å². The molecule has 17 heavy (non-hydrogen) atoms. The first-order chi connectivity index (χ1) is 7.97. The van der Waals surface area contributed by atoms with Crippen molar-refractivity contribution in [2.24, 2.45) is 5.92 Å². The molecular formula is C12H21NO4. The number of amides is 1. The molecule has 0 radical (unpaired) electrons. The van der Waals surface area contributed by atoms with Crippen molar-refractivity contribution in [3.8, 4) is 0 Å². The topological polar surface area (TPSA) is 86.6 Å². The minimum Gasteiger partial charge on any atom is -0.481 e. The van der Waals surface area contributed by atoms with E-state index in [0.29, 0.717) is 0 Å². The molecule has 1 fully saturated rings. The van der Waals surface area contributed by atoms with Crippen molar-refractivity contribution in [2.45, 2.75) is 51.0 Å². The van der Waals surface area contributed by atoms with Gasteiger partial charge in [-0.05, 0) is 18.8 Å². The molecule has 1 amide bonds. The maximum Gasteiger partial charge on any atom is 0.303 e. The van der Waals surface area contributed by atoms with E-state index < -0.39 is 11.5 Å². The molecule has 1 saturated carbocycles. The number of nitrogens with one attached hydrogen (secondary N) is 1. The minimum atomic E-state index is -0.886. The van der Waals surface area contributed by atoms with Gasteiger partial charge in [-0.25, -0.2) is 0 Å². The third-order valence-corrected chi connectivity index (χ3v) is 3.32. The predicted molar refractivity (Wildman–Crippen MR) is 62.5 cm³/mol. The number of hydrogen-bond donors (Lipinski definition) is 3. The summed E-state index contributed by atoms with van der Waals surface area (Å²) < 4.78 is 0. The molecule has 0 spiro atoms. The van der Waals surface area contributed by atoms with Crippen LogP contribution in [0.4, 0.5) is 0 Å². The highest BCUT2D eigenvalue weighted by molar-refractivity contribution is 5.78. The molecule has 1 atom stereocenters. The first kappa shape index (κ1) is 14.0. The Morgan fingerprint density at radius 2 is 1.88 bits per heavy atom. The molecule has 1 rings (SSSR count). The normalized spacial score (nSPS) is 19.9. The van der Waals surface area contributed by atoms with Crippen molar-refractivity contribution < 1.29 is 19.8 Å². The molecule has 5 nitrogen and oxygen atoms in total. The van der Waals surface area contributed by atoms with E-state index in [1.807, 2.05) is 0 Å². The summed E-state index contributed by atoms with van der Waals surface area (Å²) >= 11 is 0. The maximum absolute atomic E-state index is 11.7. The summed E-state index contributed by atoms with van der Waals surface area (Å²) in [6.07, 6.45) is 3.86. The summed E-state index contributed by atoms with van der Waals surface area (Å²) in [5, 5.41) is 20.8. The van der Waals surface area contributed by atoms with Gasteiger partial charge in [0, 0.05) is 12.8 Å².